The van der Waals surface area contributed by atoms with Crippen LogP contribution in [0.25, 0.3) is 0 Å². The molecule has 1 N–H and O–H groups in total. The molecule has 2 aromatic heterocycles. The second kappa shape index (κ2) is 5.14. The van der Waals surface area contributed by atoms with Crippen LogP contribution < -0.4 is 5.32 Å². The van der Waals surface area contributed by atoms with Crippen LogP contribution >= 0.6 is 0 Å². The molecule has 2 heterocycles. The van der Waals surface area contributed by atoms with E-state index in [2.05, 4.69) is 9.97 Å². The van der Waals surface area contributed by atoms with E-state index in [1.165, 1.54) is 5.32 Å². The summed E-state index contributed by atoms with van der Waals surface area (Å²) in [7, 11) is 0. The minimum Gasteiger partial charge on any atom is -0.343 e. The van der Waals surface area contributed by atoms with Gasteiger partial charge in [0.05, 0.1) is 0 Å². The molecule has 21 heavy (non-hydrogen) atoms. The van der Waals surface area contributed by atoms with E-state index >= 15 is 0 Å². The highest BCUT2D eigenvalue weighted by molar-refractivity contribution is 5.60. The summed E-state index contributed by atoms with van der Waals surface area (Å²) in [6, 6.07) is 0. The fourth-order valence-electron chi connectivity index (χ4n) is 1.30. The van der Waals surface area contributed by atoms with E-state index in [9.17, 15) is 35.1 Å². The molecule has 11 heteroatoms. The number of anilines is 2. The normalized spacial score (nSPS) is 10.9. The summed E-state index contributed by atoms with van der Waals surface area (Å²) in [6.45, 7) is 0. The maximum Gasteiger partial charge on any atom is 0.254 e. The maximum atomic E-state index is 13.3. The van der Waals surface area contributed by atoms with E-state index in [1.807, 2.05) is 0 Å². The lowest BCUT2D eigenvalue weighted by Gasteiger charge is -2.10. The van der Waals surface area contributed by atoms with Crippen molar-refractivity contribution in [3.05, 3.63) is 47.1 Å². The van der Waals surface area contributed by atoms with Crippen molar-refractivity contribution in [3.8, 4) is 0 Å². The summed E-state index contributed by atoms with van der Waals surface area (Å²) >= 11 is 0. The first-order valence-electron chi connectivity index (χ1n) is 4.91. The Morgan fingerprint density at radius 1 is 0.476 bits per heavy atom. The van der Waals surface area contributed by atoms with Gasteiger partial charge in [-0.3, -0.25) is 0 Å². The molecular formula is C10HF8N3. The number of pyridine rings is 2. The van der Waals surface area contributed by atoms with Crippen molar-refractivity contribution in [1.29, 1.82) is 0 Å². The largest absolute Gasteiger partial charge is 0.343 e. The highest BCUT2D eigenvalue weighted by Gasteiger charge is 2.26. The number of aromatic nitrogens is 2. The molecule has 3 nitrogen and oxygen atoms in total. The lowest BCUT2D eigenvalue weighted by atomic mass is 10.3. The van der Waals surface area contributed by atoms with E-state index in [-0.39, 0.29) is 0 Å². The Labute approximate surface area is 110 Å². The molecule has 0 aliphatic carbocycles. The van der Waals surface area contributed by atoms with Gasteiger partial charge in [-0.1, -0.05) is 0 Å². The summed E-state index contributed by atoms with van der Waals surface area (Å²) in [5, 5.41) is 1.27. The van der Waals surface area contributed by atoms with E-state index in [4.69, 9.17) is 0 Å². The molecule has 112 valence electrons. The number of hydrogen-bond acceptors (Lipinski definition) is 3. The summed E-state index contributed by atoms with van der Waals surface area (Å²) in [5.41, 5.74) is -3.22. The van der Waals surface area contributed by atoms with Crippen LogP contribution in [-0.2, 0) is 0 Å². The zero-order valence-electron chi connectivity index (χ0n) is 9.42. The van der Waals surface area contributed by atoms with Gasteiger partial charge in [0.2, 0.25) is 23.5 Å². The molecule has 0 aliphatic rings. The number of nitrogens with one attached hydrogen (secondary N) is 1. The van der Waals surface area contributed by atoms with Crippen LogP contribution in [0.1, 0.15) is 0 Å². The topological polar surface area (TPSA) is 37.8 Å². The second-order valence-electron chi connectivity index (χ2n) is 3.52. The van der Waals surface area contributed by atoms with Crippen LogP contribution in [0.5, 0.6) is 0 Å². The van der Waals surface area contributed by atoms with E-state index in [1.54, 1.807) is 0 Å². The quantitative estimate of drug-likeness (QED) is 0.682. The lowest BCUT2D eigenvalue weighted by Crippen LogP contribution is -2.10. The Morgan fingerprint density at radius 2 is 0.810 bits per heavy atom. The molecule has 0 spiro atoms. The van der Waals surface area contributed by atoms with Crippen molar-refractivity contribution in [3.63, 3.8) is 0 Å². The fourth-order valence-corrected chi connectivity index (χ4v) is 1.30. The molecule has 0 unspecified atom stereocenters. The highest BCUT2D eigenvalue weighted by atomic mass is 19.2. The first kappa shape index (κ1) is 14.9. The first-order valence-corrected chi connectivity index (χ1v) is 4.91. The molecule has 0 bridgehead atoms. The monoisotopic (exact) mass is 315 g/mol. The maximum absolute atomic E-state index is 13.3. The van der Waals surface area contributed by atoms with E-state index in [0.717, 1.165) is 0 Å². The van der Waals surface area contributed by atoms with Crippen molar-refractivity contribution in [2.45, 2.75) is 0 Å². The number of hydrogen-bond donors (Lipinski definition) is 1. The number of rotatable bonds is 2. The van der Waals surface area contributed by atoms with Crippen molar-refractivity contribution in [2.75, 3.05) is 5.32 Å². The van der Waals surface area contributed by atoms with Gasteiger partial charge in [-0.2, -0.15) is 36.3 Å². The molecular weight excluding hydrogens is 314 g/mol. The van der Waals surface area contributed by atoms with Crippen LogP contribution in [0, 0.1) is 47.1 Å². The van der Waals surface area contributed by atoms with Gasteiger partial charge < -0.3 is 5.32 Å². The van der Waals surface area contributed by atoms with Crippen LogP contribution in [0.15, 0.2) is 0 Å². The van der Waals surface area contributed by atoms with Gasteiger partial charge in [-0.25, -0.2) is 8.78 Å². The Hall–Kier alpha value is -2.46. The van der Waals surface area contributed by atoms with Crippen LogP contribution in [0.3, 0.4) is 0 Å². The molecule has 0 aromatic carbocycles. The minimum atomic E-state index is -2.24. The summed E-state index contributed by atoms with van der Waals surface area (Å²) in [4.78, 5) is 4.57. The predicted molar refractivity (Wildman–Crippen MR) is 51.4 cm³/mol. The van der Waals surface area contributed by atoms with Crippen molar-refractivity contribution in [1.82, 2.24) is 9.97 Å². The van der Waals surface area contributed by atoms with Crippen molar-refractivity contribution >= 4 is 11.4 Å². The lowest BCUT2D eigenvalue weighted by molar-refractivity contribution is 0.400. The standard InChI is InChI=1S/C10HF8N3/c11-1-3(13)7(15)20-9(17)5(1)19-6-2(12)4(14)8(16)21-10(6)18/h19H. The third-order valence-corrected chi connectivity index (χ3v) is 2.24. The third kappa shape index (κ3) is 2.45. The van der Waals surface area contributed by atoms with Gasteiger partial charge in [0.15, 0.2) is 11.6 Å². The fraction of sp³-hybridized carbons (Fsp3) is 0. The van der Waals surface area contributed by atoms with Gasteiger partial charge in [-0.15, -0.1) is 0 Å². The SMILES string of the molecule is Fc1nc(F)c(Nc2c(F)nc(F)c(F)c2F)c(F)c1F. The van der Waals surface area contributed by atoms with Crippen LogP contribution in [-0.4, -0.2) is 9.97 Å². The molecule has 0 aliphatic heterocycles. The Morgan fingerprint density at radius 3 is 1.14 bits per heavy atom. The number of halogens is 8. The van der Waals surface area contributed by atoms with Crippen molar-refractivity contribution < 1.29 is 35.1 Å². The molecule has 2 aromatic rings. The summed E-state index contributed by atoms with van der Waals surface area (Å²) in [5.74, 6) is -17.2. The number of nitrogens with zero attached hydrogens (tertiary/aromatic N) is 2. The molecule has 0 saturated carbocycles. The molecule has 0 fully saturated rings. The van der Waals surface area contributed by atoms with E-state index < -0.39 is 58.4 Å². The third-order valence-electron chi connectivity index (χ3n) is 2.24. The summed E-state index contributed by atoms with van der Waals surface area (Å²) in [6.07, 6.45) is 0. The Balaban J connectivity index is 2.59. The molecule has 0 saturated heterocycles. The highest BCUT2D eigenvalue weighted by Crippen LogP contribution is 2.29. The predicted octanol–water partition coefficient (Wildman–Crippen LogP) is 3.33. The second-order valence-corrected chi connectivity index (χ2v) is 3.52. The van der Waals surface area contributed by atoms with Crippen molar-refractivity contribution in [2.24, 2.45) is 0 Å². The van der Waals surface area contributed by atoms with Crippen LogP contribution in [0.2, 0.25) is 0 Å². The van der Waals surface area contributed by atoms with Gasteiger partial charge in [0.25, 0.3) is 11.9 Å². The van der Waals surface area contributed by atoms with Gasteiger partial charge >= 0.3 is 0 Å². The minimum absolute atomic E-state index is 1.27. The Kier molecular flexibility index (Phi) is 3.66. The first-order chi connectivity index (χ1) is 9.73. The average Bonchev–Trinajstić information content (AvgIpc) is 2.42. The molecule has 0 radical (unpaired) electrons. The molecule has 2 rings (SSSR count). The van der Waals surface area contributed by atoms with Gasteiger partial charge in [0, 0.05) is 0 Å². The smallest absolute Gasteiger partial charge is 0.254 e. The van der Waals surface area contributed by atoms with Crippen LogP contribution in [0.4, 0.5) is 46.5 Å². The van der Waals surface area contributed by atoms with Gasteiger partial charge in [0.1, 0.15) is 11.4 Å². The zero-order chi connectivity index (χ0) is 15.9. The van der Waals surface area contributed by atoms with E-state index in [0.29, 0.717) is 0 Å². The summed E-state index contributed by atoms with van der Waals surface area (Å²) < 4.78 is 104. The zero-order valence-corrected chi connectivity index (χ0v) is 9.42. The average molecular weight is 315 g/mol. The molecule has 0 atom stereocenters. The van der Waals surface area contributed by atoms with Gasteiger partial charge in [-0.05, 0) is 0 Å². The Bertz CT molecular complexity index is 672. The molecule has 0 amide bonds.